The highest BCUT2D eigenvalue weighted by Crippen LogP contribution is 2.20. The molecule has 0 bridgehead atoms. The summed E-state index contributed by atoms with van der Waals surface area (Å²) < 4.78 is 10.9. The zero-order valence-electron chi connectivity index (χ0n) is 16.5. The number of aliphatic imine (C=N–C) groups is 1. The first-order valence-electron chi connectivity index (χ1n) is 8.74. The molecule has 156 valence electrons. The van der Waals surface area contributed by atoms with Crippen molar-refractivity contribution in [3.8, 4) is 5.88 Å². The molecule has 7 nitrogen and oxygen atoms in total. The maximum absolute atomic E-state index is 5.81. The van der Waals surface area contributed by atoms with E-state index in [0.717, 1.165) is 23.2 Å². The van der Waals surface area contributed by atoms with Gasteiger partial charge in [-0.1, -0.05) is 11.6 Å². The van der Waals surface area contributed by atoms with Gasteiger partial charge in [0.25, 0.3) is 0 Å². The van der Waals surface area contributed by atoms with Gasteiger partial charge in [-0.3, -0.25) is 0 Å². The van der Waals surface area contributed by atoms with Crippen LogP contribution < -0.4 is 10.1 Å². The van der Waals surface area contributed by atoms with Gasteiger partial charge in [-0.2, -0.15) is 0 Å². The molecule has 0 saturated heterocycles. The predicted molar refractivity (Wildman–Crippen MR) is 125 cm³/mol. The second-order valence-corrected chi connectivity index (χ2v) is 7.14. The number of pyridine rings is 1. The maximum atomic E-state index is 5.81. The maximum Gasteiger partial charge on any atom is 0.213 e. The Morgan fingerprint density at radius 1 is 1.43 bits per heavy atom. The third-order valence-electron chi connectivity index (χ3n) is 3.67. The Morgan fingerprint density at radius 2 is 2.21 bits per heavy atom. The highest BCUT2D eigenvalue weighted by Gasteiger charge is 2.12. The lowest BCUT2D eigenvalue weighted by Crippen LogP contribution is -2.38. The number of halogens is 2. The van der Waals surface area contributed by atoms with Gasteiger partial charge in [0, 0.05) is 38.3 Å². The van der Waals surface area contributed by atoms with Gasteiger partial charge in [0.1, 0.15) is 17.7 Å². The minimum atomic E-state index is 0. The van der Waals surface area contributed by atoms with Crippen molar-refractivity contribution in [1.82, 2.24) is 20.2 Å². The van der Waals surface area contributed by atoms with E-state index in [9.17, 15) is 0 Å². The molecule has 1 atom stereocenters. The van der Waals surface area contributed by atoms with Crippen LogP contribution in [-0.2, 0) is 11.3 Å². The standard InChI is InChI=1S/C18H26ClN5O2S.HI/c1-5-20-18(21-8-9-26-16-7-6-14(19)10-22-16)24(3)11-15-12-27-17(23-15)13(2)25-4;/h6-7,10,12-13H,5,8-9,11H2,1-4H3,(H,20,21);1H. The molecule has 0 aliphatic carbocycles. The lowest BCUT2D eigenvalue weighted by molar-refractivity contribution is 0.119. The Labute approximate surface area is 192 Å². The molecule has 0 amide bonds. The van der Waals surface area contributed by atoms with E-state index in [-0.39, 0.29) is 30.1 Å². The fourth-order valence-corrected chi connectivity index (χ4v) is 3.17. The van der Waals surface area contributed by atoms with E-state index in [4.69, 9.17) is 21.1 Å². The van der Waals surface area contributed by atoms with Crippen molar-refractivity contribution >= 4 is 52.9 Å². The summed E-state index contributed by atoms with van der Waals surface area (Å²) in [6, 6.07) is 3.49. The molecule has 2 aromatic heterocycles. The highest BCUT2D eigenvalue weighted by molar-refractivity contribution is 14.0. The topological polar surface area (TPSA) is 71.9 Å². The van der Waals surface area contributed by atoms with Crippen LogP contribution in [0.2, 0.25) is 5.02 Å². The van der Waals surface area contributed by atoms with Crippen molar-refractivity contribution in [2.45, 2.75) is 26.5 Å². The third-order valence-corrected chi connectivity index (χ3v) is 4.95. The predicted octanol–water partition coefficient (Wildman–Crippen LogP) is 3.99. The van der Waals surface area contributed by atoms with Crippen LogP contribution in [0.15, 0.2) is 28.7 Å². The molecule has 1 N–H and O–H groups in total. The summed E-state index contributed by atoms with van der Waals surface area (Å²) in [6.07, 6.45) is 1.57. The fourth-order valence-electron chi connectivity index (χ4n) is 2.22. The summed E-state index contributed by atoms with van der Waals surface area (Å²) in [5.41, 5.74) is 0.994. The average molecular weight is 540 g/mol. The number of thiazole rings is 1. The third kappa shape index (κ3) is 8.06. The Balaban J connectivity index is 0.00000392. The van der Waals surface area contributed by atoms with Crippen molar-refractivity contribution < 1.29 is 9.47 Å². The quantitative estimate of drug-likeness (QED) is 0.225. The number of ether oxygens (including phenoxy) is 2. The zero-order chi connectivity index (χ0) is 19.6. The number of aromatic nitrogens is 2. The molecule has 0 aliphatic rings. The van der Waals surface area contributed by atoms with E-state index in [1.807, 2.05) is 25.8 Å². The molecule has 0 fully saturated rings. The Bertz CT molecular complexity index is 729. The van der Waals surface area contributed by atoms with E-state index in [2.05, 4.69) is 25.7 Å². The van der Waals surface area contributed by atoms with E-state index in [1.165, 1.54) is 0 Å². The normalized spacial score (nSPS) is 12.2. The van der Waals surface area contributed by atoms with Gasteiger partial charge in [-0.05, 0) is 19.9 Å². The van der Waals surface area contributed by atoms with Crippen molar-refractivity contribution in [2.75, 3.05) is 33.9 Å². The Morgan fingerprint density at radius 3 is 2.86 bits per heavy atom. The molecule has 0 aromatic carbocycles. The van der Waals surface area contributed by atoms with Gasteiger partial charge in [0.15, 0.2) is 5.96 Å². The minimum absolute atomic E-state index is 0. The SMILES string of the molecule is CCNC(=NCCOc1ccc(Cl)cn1)N(C)Cc1csc(C(C)OC)n1.I. The number of rotatable bonds is 9. The smallest absolute Gasteiger partial charge is 0.213 e. The van der Waals surface area contributed by atoms with Crippen molar-refractivity contribution in [3.05, 3.63) is 39.4 Å². The number of nitrogens with one attached hydrogen (secondary N) is 1. The van der Waals surface area contributed by atoms with E-state index < -0.39 is 0 Å². The zero-order valence-corrected chi connectivity index (χ0v) is 20.4. The molecule has 1 unspecified atom stereocenters. The first kappa shape index (κ1) is 24.9. The van der Waals surface area contributed by atoms with Gasteiger partial charge < -0.3 is 19.7 Å². The molecule has 10 heteroatoms. The van der Waals surface area contributed by atoms with Gasteiger partial charge in [-0.25, -0.2) is 15.0 Å². The van der Waals surface area contributed by atoms with Crippen LogP contribution in [0, 0.1) is 0 Å². The second kappa shape index (κ2) is 13.1. The van der Waals surface area contributed by atoms with Gasteiger partial charge >= 0.3 is 0 Å². The highest BCUT2D eigenvalue weighted by atomic mass is 127. The lowest BCUT2D eigenvalue weighted by Gasteiger charge is -2.21. The van der Waals surface area contributed by atoms with Crippen LogP contribution >= 0.6 is 46.9 Å². The number of guanidine groups is 1. The van der Waals surface area contributed by atoms with Crippen molar-refractivity contribution in [1.29, 1.82) is 0 Å². The van der Waals surface area contributed by atoms with Crippen molar-refractivity contribution in [2.24, 2.45) is 4.99 Å². The number of nitrogens with zero attached hydrogens (tertiary/aromatic N) is 4. The summed E-state index contributed by atoms with van der Waals surface area (Å²) in [4.78, 5) is 15.4. The first-order valence-corrected chi connectivity index (χ1v) is 10.00. The van der Waals surface area contributed by atoms with Gasteiger partial charge in [-0.15, -0.1) is 35.3 Å². The molecule has 28 heavy (non-hydrogen) atoms. The second-order valence-electron chi connectivity index (χ2n) is 5.81. The molecule has 2 rings (SSSR count). The Kier molecular flexibility index (Phi) is 11.7. The summed E-state index contributed by atoms with van der Waals surface area (Å²) >= 11 is 7.42. The van der Waals surface area contributed by atoms with Gasteiger partial charge in [0.05, 0.1) is 23.8 Å². The molecule has 2 heterocycles. The van der Waals surface area contributed by atoms with Crippen LogP contribution in [0.1, 0.15) is 30.7 Å². The summed E-state index contributed by atoms with van der Waals surface area (Å²) in [6.45, 7) is 6.43. The molecular weight excluding hydrogens is 513 g/mol. The van der Waals surface area contributed by atoms with E-state index >= 15 is 0 Å². The van der Waals surface area contributed by atoms with Crippen LogP contribution in [0.4, 0.5) is 0 Å². The minimum Gasteiger partial charge on any atom is -0.476 e. The number of hydrogen-bond acceptors (Lipinski definition) is 6. The van der Waals surface area contributed by atoms with E-state index in [1.54, 1.807) is 36.8 Å². The van der Waals surface area contributed by atoms with Crippen LogP contribution in [-0.4, -0.2) is 54.7 Å². The lowest BCUT2D eigenvalue weighted by atomic mass is 10.4. The molecule has 0 radical (unpaired) electrons. The molecule has 0 aliphatic heterocycles. The van der Waals surface area contributed by atoms with Crippen LogP contribution in [0.25, 0.3) is 0 Å². The monoisotopic (exact) mass is 539 g/mol. The summed E-state index contributed by atoms with van der Waals surface area (Å²) in [7, 11) is 3.68. The first-order chi connectivity index (χ1) is 13.0. The largest absolute Gasteiger partial charge is 0.476 e. The summed E-state index contributed by atoms with van der Waals surface area (Å²) in [5.74, 6) is 1.34. The Hall–Kier alpha value is -1.17. The molecule has 0 spiro atoms. The molecular formula is C18H27ClIN5O2S. The average Bonchev–Trinajstić information content (AvgIpc) is 3.13. The molecule has 2 aromatic rings. The van der Waals surface area contributed by atoms with Crippen LogP contribution in [0.5, 0.6) is 5.88 Å². The fraction of sp³-hybridized carbons (Fsp3) is 0.500. The van der Waals surface area contributed by atoms with Crippen LogP contribution in [0.3, 0.4) is 0 Å². The van der Waals surface area contributed by atoms with E-state index in [0.29, 0.717) is 30.6 Å². The summed E-state index contributed by atoms with van der Waals surface area (Å²) in [5, 5.41) is 6.91. The van der Waals surface area contributed by atoms with Crippen molar-refractivity contribution in [3.63, 3.8) is 0 Å². The molecule has 0 saturated carbocycles. The number of hydrogen-bond donors (Lipinski definition) is 1. The van der Waals surface area contributed by atoms with Gasteiger partial charge in [0.2, 0.25) is 5.88 Å². The number of methoxy groups -OCH3 is 1.